The second-order valence-electron chi connectivity index (χ2n) is 14.9. The molecular weight excluding hydrogens is 580 g/mol. The molecule has 0 spiro atoms. The molecule has 0 bridgehead atoms. The standard InChI is InChI=1S/C31H47FN6O3Si2/c1-29(2,3)42(9,10)40-18-31(7,19-41-43(11,12)30(4,5)6)36-28(39)22-16-33-27-26(22)35-23(17-34-27)25-21-14-13-20(32)15-24(21)38(8)37-25/h13-17H,18-19H2,1-12H3,(H,33,34)(H,36,39). The highest BCUT2D eigenvalue weighted by Gasteiger charge is 2.43. The van der Waals surface area contributed by atoms with E-state index < -0.39 is 22.2 Å². The molecule has 1 aromatic carbocycles. The first-order valence-electron chi connectivity index (χ1n) is 14.7. The van der Waals surface area contributed by atoms with E-state index in [-0.39, 0.29) is 21.8 Å². The first-order valence-corrected chi connectivity index (χ1v) is 20.5. The summed E-state index contributed by atoms with van der Waals surface area (Å²) in [5.41, 5.74) is 2.17. The Morgan fingerprint density at radius 2 is 1.58 bits per heavy atom. The smallest absolute Gasteiger partial charge is 0.255 e. The molecule has 0 fully saturated rings. The summed E-state index contributed by atoms with van der Waals surface area (Å²) < 4.78 is 28.8. The van der Waals surface area contributed by atoms with Crippen LogP contribution in [-0.2, 0) is 15.9 Å². The number of H-pyrrole nitrogens is 1. The highest BCUT2D eigenvalue weighted by molar-refractivity contribution is 6.74. The molecule has 43 heavy (non-hydrogen) atoms. The molecule has 0 atom stereocenters. The Hall–Kier alpha value is -2.94. The van der Waals surface area contributed by atoms with Gasteiger partial charge in [0.1, 0.15) is 22.7 Å². The zero-order valence-electron chi connectivity index (χ0n) is 27.7. The van der Waals surface area contributed by atoms with Gasteiger partial charge in [-0.3, -0.25) is 9.48 Å². The van der Waals surface area contributed by atoms with Gasteiger partial charge in [0.05, 0.1) is 36.0 Å². The number of nitrogens with one attached hydrogen (secondary N) is 2. The van der Waals surface area contributed by atoms with E-state index in [0.29, 0.717) is 46.8 Å². The fourth-order valence-corrected chi connectivity index (χ4v) is 6.39. The first kappa shape index (κ1) is 33.0. The number of rotatable bonds is 9. The summed E-state index contributed by atoms with van der Waals surface area (Å²) in [6, 6.07) is 4.51. The molecule has 1 amide bonds. The van der Waals surface area contributed by atoms with Crippen LogP contribution >= 0.6 is 0 Å². The molecule has 0 aliphatic carbocycles. The number of benzene rings is 1. The average Bonchev–Trinajstić information content (AvgIpc) is 3.46. The number of nitrogens with zero attached hydrogens (tertiary/aromatic N) is 4. The molecule has 0 radical (unpaired) electrons. The quantitative estimate of drug-likeness (QED) is 0.191. The number of hydrogen-bond acceptors (Lipinski definition) is 6. The van der Waals surface area contributed by atoms with Crippen molar-refractivity contribution in [1.82, 2.24) is 30.0 Å². The Labute approximate surface area is 256 Å². The number of fused-ring (bicyclic) bond motifs is 2. The summed E-state index contributed by atoms with van der Waals surface area (Å²) in [6.07, 6.45) is 3.23. The fourth-order valence-electron chi connectivity index (χ4n) is 4.17. The molecular formula is C31H47FN6O3Si2. The van der Waals surface area contributed by atoms with Crippen LogP contribution in [0.5, 0.6) is 0 Å². The summed E-state index contributed by atoms with van der Waals surface area (Å²) >= 11 is 0. The van der Waals surface area contributed by atoms with Crippen molar-refractivity contribution in [2.24, 2.45) is 7.05 Å². The van der Waals surface area contributed by atoms with Crippen molar-refractivity contribution in [2.45, 2.75) is 90.3 Å². The lowest BCUT2D eigenvalue weighted by Gasteiger charge is -2.43. The SMILES string of the molecule is Cn1nc(-c2cnc3[nH]cc(C(=O)NC(C)(CO[Si](C)(C)C(C)(C)C)CO[Si](C)(C)C(C)(C)C)c3n2)c2ccc(F)cc21. The van der Waals surface area contributed by atoms with Crippen molar-refractivity contribution in [1.29, 1.82) is 0 Å². The van der Waals surface area contributed by atoms with E-state index in [9.17, 15) is 9.18 Å². The van der Waals surface area contributed by atoms with Crippen LogP contribution in [0.15, 0.2) is 30.6 Å². The molecule has 0 aliphatic heterocycles. The Balaban J connectivity index is 1.67. The first-order chi connectivity index (χ1) is 19.6. The molecule has 4 rings (SSSR count). The number of amides is 1. The molecule has 9 nitrogen and oxygen atoms in total. The molecule has 234 valence electrons. The van der Waals surface area contributed by atoms with Crippen LogP contribution in [0.4, 0.5) is 4.39 Å². The number of halogens is 1. The third kappa shape index (κ3) is 6.77. The van der Waals surface area contributed by atoms with Crippen LogP contribution in [0.1, 0.15) is 58.8 Å². The molecule has 4 aromatic rings. The van der Waals surface area contributed by atoms with Gasteiger partial charge in [-0.2, -0.15) is 5.10 Å². The molecule has 3 aromatic heterocycles. The summed E-state index contributed by atoms with van der Waals surface area (Å²) in [5.74, 6) is -0.642. The van der Waals surface area contributed by atoms with Crippen molar-refractivity contribution in [3.8, 4) is 11.4 Å². The molecule has 0 aliphatic rings. The maximum absolute atomic E-state index is 13.9. The Bertz CT molecular complexity index is 1620. The topological polar surface area (TPSA) is 107 Å². The van der Waals surface area contributed by atoms with Crippen molar-refractivity contribution in [3.05, 3.63) is 42.0 Å². The van der Waals surface area contributed by atoms with Crippen molar-refractivity contribution in [2.75, 3.05) is 13.2 Å². The van der Waals surface area contributed by atoms with E-state index in [1.165, 1.54) is 12.1 Å². The van der Waals surface area contributed by atoms with Crippen LogP contribution in [0.3, 0.4) is 0 Å². The lowest BCUT2D eigenvalue weighted by Crippen LogP contribution is -2.58. The molecule has 2 N–H and O–H groups in total. The van der Waals surface area contributed by atoms with Gasteiger partial charge in [0.15, 0.2) is 22.3 Å². The third-order valence-electron chi connectivity index (χ3n) is 9.21. The minimum Gasteiger partial charge on any atom is -0.414 e. The van der Waals surface area contributed by atoms with Gasteiger partial charge < -0.3 is 19.2 Å². The lowest BCUT2D eigenvalue weighted by molar-refractivity contribution is 0.0755. The zero-order chi connectivity index (χ0) is 32.2. The van der Waals surface area contributed by atoms with Crippen molar-refractivity contribution in [3.63, 3.8) is 0 Å². The second-order valence-corrected chi connectivity index (χ2v) is 24.5. The fraction of sp³-hybridized carbons (Fsp3) is 0.548. The highest BCUT2D eigenvalue weighted by atomic mass is 28.4. The van der Waals surface area contributed by atoms with E-state index >= 15 is 0 Å². The van der Waals surface area contributed by atoms with Gasteiger partial charge in [0.25, 0.3) is 5.91 Å². The molecule has 0 unspecified atom stereocenters. The van der Waals surface area contributed by atoms with Gasteiger partial charge in [0, 0.05) is 18.6 Å². The molecule has 0 saturated heterocycles. The van der Waals surface area contributed by atoms with Gasteiger partial charge in [-0.15, -0.1) is 0 Å². The van der Waals surface area contributed by atoms with Crippen LogP contribution in [0.2, 0.25) is 36.3 Å². The maximum atomic E-state index is 13.9. The van der Waals surface area contributed by atoms with E-state index in [4.69, 9.17) is 13.8 Å². The minimum absolute atomic E-state index is 0.0163. The minimum atomic E-state index is -2.11. The number of carbonyl (C=O) groups is 1. The van der Waals surface area contributed by atoms with Crippen LogP contribution in [0.25, 0.3) is 33.5 Å². The lowest BCUT2D eigenvalue weighted by atomic mass is 10.0. The van der Waals surface area contributed by atoms with Gasteiger partial charge in [-0.25, -0.2) is 14.4 Å². The van der Waals surface area contributed by atoms with Crippen LogP contribution in [-0.4, -0.2) is 66.0 Å². The normalized spacial score (nSPS) is 13.7. The Morgan fingerprint density at radius 3 is 2.14 bits per heavy atom. The second kappa shape index (κ2) is 11.2. The summed E-state index contributed by atoms with van der Waals surface area (Å²) in [7, 11) is -2.47. The van der Waals surface area contributed by atoms with Gasteiger partial charge >= 0.3 is 0 Å². The summed E-state index contributed by atoms with van der Waals surface area (Å²) in [4.78, 5) is 26.3. The van der Waals surface area contributed by atoms with Crippen LogP contribution in [0, 0.1) is 5.82 Å². The number of hydrogen-bond donors (Lipinski definition) is 2. The van der Waals surface area contributed by atoms with Crippen LogP contribution < -0.4 is 5.32 Å². The number of aromatic nitrogens is 5. The van der Waals surface area contributed by atoms with E-state index in [1.807, 2.05) is 6.92 Å². The highest BCUT2D eigenvalue weighted by Crippen LogP contribution is 2.39. The third-order valence-corrected chi connectivity index (χ3v) is 18.2. The predicted octanol–water partition coefficient (Wildman–Crippen LogP) is 7.18. The summed E-state index contributed by atoms with van der Waals surface area (Å²) in [6.45, 7) is 24.6. The monoisotopic (exact) mass is 626 g/mol. The molecule has 3 heterocycles. The number of aromatic amines is 1. The Kier molecular flexibility index (Phi) is 8.59. The van der Waals surface area contributed by atoms with Crippen molar-refractivity contribution < 1.29 is 18.0 Å². The van der Waals surface area contributed by atoms with E-state index in [0.717, 1.165) is 5.39 Å². The van der Waals surface area contributed by atoms with Gasteiger partial charge in [-0.05, 0) is 61.4 Å². The summed E-state index contributed by atoms with van der Waals surface area (Å²) in [5, 5.41) is 8.59. The van der Waals surface area contributed by atoms with E-state index in [2.05, 4.69) is 88.1 Å². The largest absolute Gasteiger partial charge is 0.414 e. The predicted molar refractivity (Wildman–Crippen MR) is 176 cm³/mol. The molecule has 12 heteroatoms. The van der Waals surface area contributed by atoms with Crippen molar-refractivity contribution >= 4 is 44.6 Å². The Morgan fingerprint density at radius 1 is 1.00 bits per heavy atom. The maximum Gasteiger partial charge on any atom is 0.255 e. The average molecular weight is 627 g/mol. The van der Waals surface area contributed by atoms with E-state index in [1.54, 1.807) is 30.2 Å². The van der Waals surface area contributed by atoms with Gasteiger partial charge in [-0.1, -0.05) is 41.5 Å². The number of aryl methyl sites for hydroxylation is 1. The molecule has 0 saturated carbocycles. The van der Waals surface area contributed by atoms with Gasteiger partial charge in [0.2, 0.25) is 0 Å². The number of carbonyl (C=O) groups excluding carboxylic acids is 1. The zero-order valence-corrected chi connectivity index (χ0v) is 29.7.